The first-order chi connectivity index (χ1) is 5.94. The van der Waals surface area contributed by atoms with Crippen molar-refractivity contribution in [1.29, 1.82) is 0 Å². The Morgan fingerprint density at radius 3 is 2.54 bits per heavy atom. The molecule has 1 heterocycles. The number of aliphatic carboxylic acids is 1. The standard InChI is InChI=1S/C9H10ClNO2/c1-9(2,8(12)13)6-3-4-7(10)11-5-6/h3-5H,1-2H3,(H,12,13). The SMILES string of the molecule is CC(C)(C(=O)O)c1ccc(Cl)nc1. The van der Waals surface area contributed by atoms with Crippen molar-refractivity contribution in [3.8, 4) is 0 Å². The largest absolute Gasteiger partial charge is 0.481 e. The second kappa shape index (κ2) is 3.34. The molecule has 1 aromatic rings. The van der Waals surface area contributed by atoms with Crippen LogP contribution in [-0.4, -0.2) is 16.1 Å². The molecule has 4 heteroatoms. The van der Waals surface area contributed by atoms with Crippen LogP contribution in [-0.2, 0) is 10.2 Å². The lowest BCUT2D eigenvalue weighted by Crippen LogP contribution is -2.28. The zero-order valence-corrected chi connectivity index (χ0v) is 8.17. The molecule has 13 heavy (non-hydrogen) atoms. The fourth-order valence-electron chi connectivity index (χ4n) is 0.869. The van der Waals surface area contributed by atoms with Crippen LogP contribution in [0.2, 0.25) is 5.15 Å². The second-order valence-corrected chi connectivity index (χ2v) is 3.69. The Hall–Kier alpha value is -1.09. The van der Waals surface area contributed by atoms with Crippen LogP contribution in [0.3, 0.4) is 0 Å². The summed E-state index contributed by atoms with van der Waals surface area (Å²) in [6.45, 7) is 3.25. The van der Waals surface area contributed by atoms with Crippen LogP contribution in [0.15, 0.2) is 18.3 Å². The van der Waals surface area contributed by atoms with Gasteiger partial charge in [-0.05, 0) is 25.5 Å². The molecule has 0 spiro atoms. The first-order valence-electron chi connectivity index (χ1n) is 3.80. The van der Waals surface area contributed by atoms with Gasteiger partial charge in [0.25, 0.3) is 0 Å². The summed E-state index contributed by atoms with van der Waals surface area (Å²) in [7, 11) is 0. The Kier molecular flexibility index (Phi) is 2.57. The summed E-state index contributed by atoms with van der Waals surface area (Å²) < 4.78 is 0. The summed E-state index contributed by atoms with van der Waals surface area (Å²) in [4.78, 5) is 14.7. The number of pyridine rings is 1. The monoisotopic (exact) mass is 199 g/mol. The number of hydrogen-bond donors (Lipinski definition) is 1. The van der Waals surface area contributed by atoms with Gasteiger partial charge in [0.1, 0.15) is 5.15 Å². The molecule has 0 bridgehead atoms. The van der Waals surface area contributed by atoms with Crippen LogP contribution in [0.4, 0.5) is 0 Å². The zero-order chi connectivity index (χ0) is 10.1. The van der Waals surface area contributed by atoms with Gasteiger partial charge in [0, 0.05) is 6.20 Å². The Bertz CT molecular complexity index is 319. The highest BCUT2D eigenvalue weighted by atomic mass is 35.5. The van der Waals surface area contributed by atoms with E-state index in [1.165, 1.54) is 6.20 Å². The second-order valence-electron chi connectivity index (χ2n) is 3.30. The Balaban J connectivity index is 3.08. The number of halogens is 1. The number of carboxylic acid groups (broad SMARTS) is 1. The first-order valence-corrected chi connectivity index (χ1v) is 4.18. The maximum Gasteiger partial charge on any atom is 0.313 e. The van der Waals surface area contributed by atoms with E-state index in [1.54, 1.807) is 26.0 Å². The Morgan fingerprint density at radius 2 is 2.15 bits per heavy atom. The summed E-state index contributed by atoms with van der Waals surface area (Å²) in [6.07, 6.45) is 1.48. The van der Waals surface area contributed by atoms with Crippen molar-refractivity contribution in [3.63, 3.8) is 0 Å². The Labute approximate surface area is 81.4 Å². The molecule has 0 aromatic carbocycles. The summed E-state index contributed by atoms with van der Waals surface area (Å²) >= 11 is 5.58. The summed E-state index contributed by atoms with van der Waals surface area (Å²) in [5.41, 5.74) is -0.276. The molecule has 0 aliphatic carbocycles. The molecule has 0 aliphatic rings. The van der Waals surface area contributed by atoms with Gasteiger partial charge in [-0.2, -0.15) is 0 Å². The molecule has 0 saturated carbocycles. The van der Waals surface area contributed by atoms with E-state index >= 15 is 0 Å². The lowest BCUT2D eigenvalue weighted by molar-refractivity contribution is -0.142. The van der Waals surface area contributed by atoms with Gasteiger partial charge in [0.15, 0.2) is 0 Å². The van der Waals surface area contributed by atoms with E-state index in [9.17, 15) is 4.79 Å². The number of nitrogens with zero attached hydrogens (tertiary/aromatic N) is 1. The van der Waals surface area contributed by atoms with Gasteiger partial charge in [0.2, 0.25) is 0 Å². The molecular weight excluding hydrogens is 190 g/mol. The quantitative estimate of drug-likeness (QED) is 0.743. The number of carboxylic acids is 1. The third-order valence-electron chi connectivity index (χ3n) is 1.98. The van der Waals surface area contributed by atoms with Crippen LogP contribution in [0.25, 0.3) is 0 Å². The highest BCUT2D eigenvalue weighted by Crippen LogP contribution is 2.23. The lowest BCUT2D eigenvalue weighted by Gasteiger charge is -2.18. The third kappa shape index (κ3) is 1.98. The fraction of sp³-hybridized carbons (Fsp3) is 0.333. The first kappa shape index (κ1) is 9.99. The van der Waals surface area contributed by atoms with Crippen molar-refractivity contribution in [2.45, 2.75) is 19.3 Å². The molecule has 0 atom stereocenters. The Morgan fingerprint density at radius 1 is 1.54 bits per heavy atom. The minimum atomic E-state index is -0.919. The minimum absolute atomic E-state index is 0.366. The maximum absolute atomic E-state index is 10.8. The van der Waals surface area contributed by atoms with Crippen molar-refractivity contribution in [2.24, 2.45) is 0 Å². The normalized spacial score (nSPS) is 11.3. The van der Waals surface area contributed by atoms with Gasteiger partial charge in [-0.15, -0.1) is 0 Å². The highest BCUT2D eigenvalue weighted by molar-refractivity contribution is 6.29. The van der Waals surface area contributed by atoms with E-state index < -0.39 is 11.4 Å². The molecule has 1 N–H and O–H groups in total. The number of carbonyl (C=O) groups is 1. The average molecular weight is 200 g/mol. The van der Waals surface area contributed by atoms with Crippen LogP contribution in [0.1, 0.15) is 19.4 Å². The predicted molar refractivity (Wildman–Crippen MR) is 49.9 cm³/mol. The van der Waals surface area contributed by atoms with E-state index in [1.807, 2.05) is 0 Å². The number of aromatic nitrogens is 1. The van der Waals surface area contributed by atoms with Crippen molar-refractivity contribution < 1.29 is 9.90 Å². The molecular formula is C9H10ClNO2. The van der Waals surface area contributed by atoms with E-state index in [0.717, 1.165) is 0 Å². The number of hydrogen-bond acceptors (Lipinski definition) is 2. The van der Waals surface area contributed by atoms with Gasteiger partial charge >= 0.3 is 5.97 Å². The van der Waals surface area contributed by atoms with Gasteiger partial charge in [-0.1, -0.05) is 17.7 Å². The van der Waals surface area contributed by atoms with Crippen LogP contribution in [0.5, 0.6) is 0 Å². The van der Waals surface area contributed by atoms with Crippen molar-refractivity contribution in [3.05, 3.63) is 29.0 Å². The van der Waals surface area contributed by atoms with Gasteiger partial charge < -0.3 is 5.11 Å². The zero-order valence-electron chi connectivity index (χ0n) is 7.41. The molecule has 0 aliphatic heterocycles. The summed E-state index contributed by atoms with van der Waals surface area (Å²) in [6, 6.07) is 3.25. The van der Waals surface area contributed by atoms with Crippen LogP contribution in [0, 0.1) is 0 Å². The molecule has 3 nitrogen and oxygen atoms in total. The molecule has 70 valence electrons. The summed E-state index contributed by atoms with van der Waals surface area (Å²) in [5, 5.41) is 9.27. The molecule has 0 unspecified atom stereocenters. The molecule has 1 rings (SSSR count). The van der Waals surface area contributed by atoms with E-state index in [2.05, 4.69) is 4.98 Å². The molecule has 0 amide bonds. The highest BCUT2D eigenvalue weighted by Gasteiger charge is 2.29. The maximum atomic E-state index is 10.8. The van der Waals surface area contributed by atoms with Gasteiger partial charge in [0.05, 0.1) is 5.41 Å². The van der Waals surface area contributed by atoms with Crippen molar-refractivity contribution >= 4 is 17.6 Å². The van der Waals surface area contributed by atoms with Crippen molar-refractivity contribution in [2.75, 3.05) is 0 Å². The average Bonchev–Trinajstić information content (AvgIpc) is 2.04. The van der Waals surface area contributed by atoms with Crippen LogP contribution >= 0.6 is 11.6 Å². The smallest absolute Gasteiger partial charge is 0.313 e. The van der Waals surface area contributed by atoms with E-state index in [4.69, 9.17) is 16.7 Å². The predicted octanol–water partition coefficient (Wildman–Crippen LogP) is 2.10. The van der Waals surface area contributed by atoms with Crippen molar-refractivity contribution in [1.82, 2.24) is 4.98 Å². The topological polar surface area (TPSA) is 50.2 Å². The molecule has 0 saturated heterocycles. The minimum Gasteiger partial charge on any atom is -0.481 e. The third-order valence-corrected chi connectivity index (χ3v) is 2.21. The molecule has 0 radical (unpaired) electrons. The lowest BCUT2D eigenvalue weighted by atomic mass is 9.86. The van der Waals surface area contributed by atoms with Gasteiger partial charge in [-0.3, -0.25) is 4.79 Å². The van der Waals surface area contributed by atoms with Crippen LogP contribution < -0.4 is 0 Å². The van der Waals surface area contributed by atoms with Gasteiger partial charge in [-0.25, -0.2) is 4.98 Å². The van der Waals surface area contributed by atoms with E-state index in [0.29, 0.717) is 10.7 Å². The molecule has 1 aromatic heterocycles. The summed E-state index contributed by atoms with van der Waals surface area (Å²) in [5.74, 6) is -0.878. The number of rotatable bonds is 2. The molecule has 0 fully saturated rings. The van der Waals surface area contributed by atoms with E-state index in [-0.39, 0.29) is 0 Å². The fourth-order valence-corrected chi connectivity index (χ4v) is 0.981.